The van der Waals surface area contributed by atoms with Crippen molar-refractivity contribution in [2.45, 2.75) is 20.8 Å². The second-order valence-corrected chi connectivity index (χ2v) is 7.98. The van der Waals surface area contributed by atoms with Gasteiger partial charge in [0.1, 0.15) is 15.8 Å². The van der Waals surface area contributed by atoms with Crippen molar-refractivity contribution in [3.05, 3.63) is 45.2 Å². The zero-order chi connectivity index (χ0) is 18.8. The van der Waals surface area contributed by atoms with Crippen LogP contribution in [0.1, 0.15) is 26.3 Å². The lowest BCUT2D eigenvalue weighted by molar-refractivity contribution is -0.121. The molecule has 1 amide bonds. The molecule has 1 saturated heterocycles. The minimum Gasteiger partial charge on any atom is -0.369 e. The topological polar surface area (TPSA) is 66.7 Å². The Morgan fingerprint density at radius 1 is 1.35 bits per heavy atom. The summed E-state index contributed by atoms with van der Waals surface area (Å²) in [6.07, 6.45) is 3.28. The first-order chi connectivity index (χ1) is 12.4. The van der Waals surface area contributed by atoms with E-state index in [1.807, 2.05) is 13.0 Å². The SMILES string of the molecule is CCN1C(=O)/C(=C/c2c(NCC(C)C)nc3ccccn3c2=O)SC1=S. The molecule has 0 bridgehead atoms. The molecule has 6 nitrogen and oxygen atoms in total. The maximum Gasteiger partial charge on any atom is 0.267 e. The molecule has 8 heteroatoms. The number of thioether (sulfide) groups is 1. The molecule has 2 aromatic heterocycles. The van der Waals surface area contributed by atoms with Crippen LogP contribution in [-0.4, -0.2) is 37.6 Å². The standard InChI is InChI=1S/C18H20N4O2S2/c1-4-21-17(24)13(26-18(21)25)9-12-15(19-10-11(2)3)20-14-7-5-6-8-22(14)16(12)23/h5-9,11,19H,4,10H2,1-3H3/b13-9-. The van der Waals surface area contributed by atoms with Crippen LogP contribution in [0.15, 0.2) is 34.1 Å². The van der Waals surface area contributed by atoms with Gasteiger partial charge < -0.3 is 5.32 Å². The van der Waals surface area contributed by atoms with Gasteiger partial charge >= 0.3 is 0 Å². The van der Waals surface area contributed by atoms with E-state index < -0.39 is 0 Å². The van der Waals surface area contributed by atoms with Gasteiger partial charge in [-0.2, -0.15) is 0 Å². The van der Waals surface area contributed by atoms with Crippen LogP contribution < -0.4 is 10.9 Å². The fraction of sp³-hybridized carbons (Fsp3) is 0.333. The molecular formula is C18H20N4O2S2. The highest BCUT2D eigenvalue weighted by molar-refractivity contribution is 8.26. The second-order valence-electron chi connectivity index (χ2n) is 6.31. The van der Waals surface area contributed by atoms with Gasteiger partial charge in [-0.3, -0.25) is 18.9 Å². The Bertz CT molecular complexity index is 965. The Hall–Kier alpha value is -2.19. The molecule has 136 valence electrons. The van der Waals surface area contributed by atoms with Crippen LogP contribution in [0.5, 0.6) is 0 Å². The van der Waals surface area contributed by atoms with Gasteiger partial charge in [0.15, 0.2) is 0 Å². The molecule has 1 aliphatic heterocycles. The molecule has 1 fully saturated rings. The summed E-state index contributed by atoms with van der Waals surface area (Å²) in [5.74, 6) is 0.698. The van der Waals surface area contributed by atoms with E-state index >= 15 is 0 Å². The highest BCUT2D eigenvalue weighted by Crippen LogP contribution is 2.32. The molecular weight excluding hydrogens is 368 g/mol. The van der Waals surface area contributed by atoms with Crippen molar-refractivity contribution in [2.24, 2.45) is 5.92 Å². The maximum atomic E-state index is 13.0. The fourth-order valence-corrected chi connectivity index (χ4v) is 3.94. The predicted molar refractivity (Wildman–Crippen MR) is 110 cm³/mol. The predicted octanol–water partition coefficient (Wildman–Crippen LogP) is 2.98. The third-order valence-corrected chi connectivity index (χ3v) is 5.29. The maximum absolute atomic E-state index is 13.0. The monoisotopic (exact) mass is 388 g/mol. The number of aromatic nitrogens is 2. The number of thiocarbonyl (C=S) groups is 1. The number of nitrogens with one attached hydrogen (secondary N) is 1. The van der Waals surface area contributed by atoms with Crippen molar-refractivity contribution in [1.29, 1.82) is 0 Å². The van der Waals surface area contributed by atoms with Crippen LogP contribution in [0.4, 0.5) is 5.82 Å². The lowest BCUT2D eigenvalue weighted by Gasteiger charge is -2.12. The van der Waals surface area contributed by atoms with Crippen LogP contribution in [0, 0.1) is 5.92 Å². The van der Waals surface area contributed by atoms with Crippen molar-refractivity contribution < 1.29 is 4.79 Å². The number of anilines is 1. The molecule has 0 aromatic carbocycles. The van der Waals surface area contributed by atoms with E-state index in [0.29, 0.717) is 45.3 Å². The van der Waals surface area contributed by atoms with Gasteiger partial charge in [-0.15, -0.1) is 0 Å². The third-order valence-electron chi connectivity index (χ3n) is 3.91. The van der Waals surface area contributed by atoms with E-state index in [0.717, 1.165) is 0 Å². The Morgan fingerprint density at radius 2 is 2.12 bits per heavy atom. The molecule has 0 saturated carbocycles. The summed E-state index contributed by atoms with van der Waals surface area (Å²) in [5.41, 5.74) is 0.705. The Labute approximate surface area is 161 Å². The summed E-state index contributed by atoms with van der Waals surface area (Å²) < 4.78 is 1.99. The molecule has 26 heavy (non-hydrogen) atoms. The first-order valence-electron chi connectivity index (χ1n) is 8.43. The van der Waals surface area contributed by atoms with E-state index in [4.69, 9.17) is 12.2 Å². The third kappa shape index (κ3) is 3.52. The van der Waals surface area contributed by atoms with E-state index in [-0.39, 0.29) is 11.5 Å². The highest BCUT2D eigenvalue weighted by atomic mass is 32.2. The lowest BCUT2D eigenvalue weighted by Crippen LogP contribution is -2.27. The Morgan fingerprint density at radius 3 is 2.77 bits per heavy atom. The second kappa shape index (κ2) is 7.59. The molecule has 1 aliphatic rings. The summed E-state index contributed by atoms with van der Waals surface area (Å²) >= 11 is 6.46. The summed E-state index contributed by atoms with van der Waals surface area (Å²) in [5, 5.41) is 3.23. The molecule has 0 atom stereocenters. The van der Waals surface area contributed by atoms with Gasteiger partial charge in [-0.25, -0.2) is 4.98 Å². The van der Waals surface area contributed by atoms with Gasteiger partial charge in [0.05, 0.1) is 10.5 Å². The summed E-state index contributed by atoms with van der Waals surface area (Å²) in [6, 6.07) is 5.39. The van der Waals surface area contributed by atoms with Gasteiger partial charge in [0.2, 0.25) is 0 Å². The average molecular weight is 389 g/mol. The quantitative estimate of drug-likeness (QED) is 0.627. The zero-order valence-corrected chi connectivity index (χ0v) is 16.5. The minimum atomic E-state index is -0.219. The number of nitrogens with zero attached hydrogens (tertiary/aromatic N) is 3. The number of rotatable bonds is 5. The molecule has 0 aliphatic carbocycles. The van der Waals surface area contributed by atoms with Crippen molar-refractivity contribution in [2.75, 3.05) is 18.4 Å². The Kier molecular flexibility index (Phi) is 5.43. The molecule has 3 heterocycles. The first kappa shape index (κ1) is 18.6. The summed E-state index contributed by atoms with van der Waals surface area (Å²) in [7, 11) is 0. The molecule has 3 rings (SSSR count). The minimum absolute atomic E-state index is 0.171. The van der Waals surface area contributed by atoms with Crippen LogP contribution >= 0.6 is 24.0 Å². The first-order valence-corrected chi connectivity index (χ1v) is 9.65. The number of hydrogen-bond donors (Lipinski definition) is 1. The molecule has 1 N–H and O–H groups in total. The average Bonchev–Trinajstić information content (AvgIpc) is 2.88. The normalized spacial score (nSPS) is 16.3. The van der Waals surface area contributed by atoms with E-state index in [1.165, 1.54) is 21.1 Å². The van der Waals surface area contributed by atoms with Crippen LogP contribution in [0.25, 0.3) is 11.7 Å². The van der Waals surface area contributed by atoms with E-state index in [1.54, 1.807) is 24.4 Å². The number of fused-ring (bicyclic) bond motifs is 1. The van der Waals surface area contributed by atoms with Gasteiger partial charge in [0.25, 0.3) is 11.5 Å². The summed E-state index contributed by atoms with van der Waals surface area (Å²) in [6.45, 7) is 7.21. The summed E-state index contributed by atoms with van der Waals surface area (Å²) in [4.78, 5) is 32.0. The van der Waals surface area contributed by atoms with Gasteiger partial charge in [-0.05, 0) is 31.1 Å². The van der Waals surface area contributed by atoms with Crippen molar-refractivity contribution in [3.63, 3.8) is 0 Å². The number of hydrogen-bond acceptors (Lipinski definition) is 6. The lowest BCUT2D eigenvalue weighted by atomic mass is 10.2. The Balaban J connectivity index is 2.14. The largest absolute Gasteiger partial charge is 0.369 e. The fourth-order valence-electron chi connectivity index (χ4n) is 2.57. The van der Waals surface area contributed by atoms with E-state index in [2.05, 4.69) is 24.1 Å². The van der Waals surface area contributed by atoms with Crippen molar-refractivity contribution >= 4 is 51.7 Å². The van der Waals surface area contributed by atoms with Gasteiger partial charge in [-0.1, -0.05) is 43.9 Å². The van der Waals surface area contributed by atoms with E-state index in [9.17, 15) is 9.59 Å². The van der Waals surface area contributed by atoms with Crippen LogP contribution in [0.3, 0.4) is 0 Å². The highest BCUT2D eigenvalue weighted by Gasteiger charge is 2.31. The number of carbonyl (C=O) groups is 1. The number of likely N-dealkylation sites (N-methyl/N-ethyl adjacent to an activating group) is 1. The number of carbonyl (C=O) groups excluding carboxylic acids is 1. The van der Waals surface area contributed by atoms with Crippen molar-refractivity contribution in [3.8, 4) is 0 Å². The smallest absolute Gasteiger partial charge is 0.267 e. The molecule has 0 spiro atoms. The molecule has 2 aromatic rings. The number of pyridine rings is 1. The molecule has 0 radical (unpaired) electrons. The zero-order valence-electron chi connectivity index (χ0n) is 14.9. The number of amides is 1. The van der Waals surface area contributed by atoms with Crippen LogP contribution in [-0.2, 0) is 4.79 Å². The van der Waals surface area contributed by atoms with Gasteiger partial charge in [0, 0.05) is 19.3 Å². The molecule has 0 unspecified atom stereocenters. The van der Waals surface area contributed by atoms with Crippen molar-refractivity contribution in [1.82, 2.24) is 14.3 Å². The van der Waals surface area contributed by atoms with Crippen LogP contribution in [0.2, 0.25) is 0 Å².